The molecule has 0 amide bonds. The third-order valence-corrected chi connectivity index (χ3v) is 4.74. The minimum Gasteiger partial charge on any atom is -0.266 e. The second kappa shape index (κ2) is 6.60. The quantitative estimate of drug-likeness (QED) is 0.754. The van der Waals surface area contributed by atoms with Crippen molar-refractivity contribution >= 4 is 15.8 Å². The lowest BCUT2D eigenvalue weighted by molar-refractivity contribution is 0.550. The van der Waals surface area contributed by atoms with Gasteiger partial charge in [0, 0.05) is 23.9 Å². The van der Waals surface area contributed by atoms with Crippen LogP contribution in [0, 0.1) is 17.5 Å². The Labute approximate surface area is 141 Å². The maximum absolute atomic E-state index is 13.7. The van der Waals surface area contributed by atoms with E-state index in [1.54, 1.807) is 18.2 Å². The fourth-order valence-corrected chi connectivity index (χ4v) is 3.25. The smallest absolute Gasteiger partial charge is 0.266 e. The monoisotopic (exact) mass is 367 g/mol. The van der Waals surface area contributed by atoms with Gasteiger partial charge in [-0.2, -0.15) is 5.10 Å². The lowest BCUT2D eigenvalue weighted by atomic mass is 10.2. The molecule has 5 nitrogen and oxygen atoms in total. The molecule has 0 aliphatic rings. The largest absolute Gasteiger partial charge is 0.266 e. The Kier molecular flexibility index (Phi) is 4.49. The molecule has 25 heavy (non-hydrogen) atoms. The lowest BCUT2D eigenvalue weighted by Crippen LogP contribution is -2.15. The molecule has 1 N–H and O–H groups in total. The fraction of sp³-hybridized carbons (Fsp3) is 0.0625. The molecule has 0 saturated carbocycles. The molecule has 0 spiro atoms. The summed E-state index contributed by atoms with van der Waals surface area (Å²) in [6.45, 7) is 0.0965. The van der Waals surface area contributed by atoms with E-state index in [-0.39, 0.29) is 12.4 Å². The fourth-order valence-electron chi connectivity index (χ4n) is 2.19. The molecular weight excluding hydrogens is 355 g/mol. The van der Waals surface area contributed by atoms with Gasteiger partial charge >= 0.3 is 0 Å². The first-order chi connectivity index (χ1) is 11.8. The van der Waals surface area contributed by atoms with Crippen LogP contribution in [0.25, 0.3) is 0 Å². The minimum atomic E-state index is -4.27. The van der Waals surface area contributed by atoms with Crippen molar-refractivity contribution in [2.45, 2.75) is 11.4 Å². The van der Waals surface area contributed by atoms with Crippen LogP contribution in [0.15, 0.2) is 59.6 Å². The summed E-state index contributed by atoms with van der Waals surface area (Å²) in [5.74, 6) is -2.57. The van der Waals surface area contributed by atoms with E-state index >= 15 is 0 Å². The zero-order valence-corrected chi connectivity index (χ0v) is 13.5. The summed E-state index contributed by atoms with van der Waals surface area (Å²) in [4.78, 5) is -0.697. The molecule has 0 saturated heterocycles. The van der Waals surface area contributed by atoms with Crippen molar-refractivity contribution in [1.29, 1.82) is 0 Å². The normalized spacial score (nSPS) is 11.5. The van der Waals surface area contributed by atoms with Crippen molar-refractivity contribution in [3.05, 3.63) is 77.7 Å². The van der Waals surface area contributed by atoms with Crippen molar-refractivity contribution in [2.24, 2.45) is 0 Å². The van der Waals surface area contributed by atoms with Crippen LogP contribution in [-0.2, 0) is 16.6 Å². The molecule has 1 heterocycles. The molecular formula is C16H12F3N3O2S. The molecule has 2 aromatic carbocycles. The number of hydrogen-bond acceptors (Lipinski definition) is 3. The van der Waals surface area contributed by atoms with Gasteiger partial charge in [-0.25, -0.2) is 21.6 Å². The Bertz CT molecular complexity index is 1020. The Morgan fingerprint density at radius 3 is 2.48 bits per heavy atom. The van der Waals surface area contributed by atoms with Gasteiger partial charge in [-0.15, -0.1) is 0 Å². The van der Waals surface area contributed by atoms with Gasteiger partial charge in [0.2, 0.25) is 0 Å². The van der Waals surface area contributed by atoms with E-state index in [4.69, 9.17) is 0 Å². The van der Waals surface area contributed by atoms with Gasteiger partial charge in [-0.05, 0) is 18.2 Å². The summed E-state index contributed by atoms with van der Waals surface area (Å²) in [7, 11) is -4.27. The molecule has 1 aromatic heterocycles. The number of hydrogen-bond donors (Lipinski definition) is 1. The van der Waals surface area contributed by atoms with E-state index in [0.29, 0.717) is 11.6 Å². The Hall–Kier alpha value is -2.81. The SMILES string of the molecule is O=S(=O)(Nc1ccn(Cc2ccccc2F)n1)c1ccc(F)cc1F. The molecule has 9 heteroatoms. The van der Waals surface area contributed by atoms with Crippen molar-refractivity contribution in [3.8, 4) is 0 Å². The van der Waals surface area contributed by atoms with Crippen LogP contribution < -0.4 is 4.72 Å². The van der Waals surface area contributed by atoms with Crippen molar-refractivity contribution in [2.75, 3.05) is 4.72 Å². The average Bonchev–Trinajstić information content (AvgIpc) is 2.95. The van der Waals surface area contributed by atoms with Crippen LogP contribution in [0.1, 0.15) is 5.56 Å². The molecule has 0 unspecified atom stereocenters. The third kappa shape index (κ3) is 3.82. The summed E-state index contributed by atoms with van der Waals surface area (Å²) in [6.07, 6.45) is 1.45. The molecule has 3 aromatic rings. The van der Waals surface area contributed by atoms with Crippen LogP contribution in [0.2, 0.25) is 0 Å². The van der Waals surface area contributed by atoms with Gasteiger partial charge in [0.05, 0.1) is 6.54 Å². The Balaban J connectivity index is 1.80. The Morgan fingerprint density at radius 1 is 1.00 bits per heavy atom. The topological polar surface area (TPSA) is 64.0 Å². The maximum Gasteiger partial charge on any atom is 0.266 e. The Morgan fingerprint density at radius 2 is 1.76 bits per heavy atom. The number of rotatable bonds is 5. The van der Waals surface area contributed by atoms with Gasteiger partial charge < -0.3 is 0 Å². The van der Waals surface area contributed by atoms with Gasteiger partial charge in [0.25, 0.3) is 10.0 Å². The summed E-state index contributed by atoms with van der Waals surface area (Å²) in [5, 5.41) is 3.97. The van der Waals surface area contributed by atoms with E-state index in [1.807, 2.05) is 0 Å². The summed E-state index contributed by atoms with van der Waals surface area (Å²) in [6, 6.07) is 9.60. The predicted molar refractivity (Wildman–Crippen MR) is 84.9 cm³/mol. The molecule has 0 radical (unpaired) electrons. The zero-order valence-electron chi connectivity index (χ0n) is 12.7. The van der Waals surface area contributed by atoms with E-state index in [9.17, 15) is 21.6 Å². The molecule has 130 valence electrons. The van der Waals surface area contributed by atoms with Crippen molar-refractivity contribution in [1.82, 2.24) is 9.78 Å². The van der Waals surface area contributed by atoms with E-state index in [2.05, 4.69) is 9.82 Å². The number of nitrogens with one attached hydrogen (secondary N) is 1. The summed E-state index contributed by atoms with van der Waals surface area (Å²) >= 11 is 0. The second-order valence-electron chi connectivity index (χ2n) is 5.17. The number of aromatic nitrogens is 2. The van der Waals surface area contributed by atoms with E-state index in [0.717, 1.165) is 12.1 Å². The van der Waals surface area contributed by atoms with Gasteiger partial charge in [0.15, 0.2) is 5.82 Å². The first kappa shape index (κ1) is 17.0. The number of nitrogens with zero attached hydrogens (tertiary/aromatic N) is 2. The van der Waals surface area contributed by atoms with E-state index < -0.39 is 32.4 Å². The van der Waals surface area contributed by atoms with Crippen LogP contribution >= 0.6 is 0 Å². The summed E-state index contributed by atoms with van der Waals surface area (Å²) in [5.41, 5.74) is 0.379. The van der Waals surface area contributed by atoms with Crippen molar-refractivity contribution in [3.63, 3.8) is 0 Å². The molecule has 0 bridgehead atoms. The lowest BCUT2D eigenvalue weighted by Gasteiger charge is -2.07. The third-order valence-electron chi connectivity index (χ3n) is 3.35. The zero-order chi connectivity index (χ0) is 18.0. The highest BCUT2D eigenvalue weighted by atomic mass is 32.2. The highest BCUT2D eigenvalue weighted by Gasteiger charge is 2.20. The average molecular weight is 367 g/mol. The minimum absolute atomic E-state index is 0.0694. The summed E-state index contributed by atoms with van der Waals surface area (Å²) < 4.78 is 68.0. The molecule has 0 aliphatic heterocycles. The molecule has 0 fully saturated rings. The van der Waals surface area contributed by atoms with Crippen molar-refractivity contribution < 1.29 is 21.6 Å². The first-order valence-corrected chi connectivity index (χ1v) is 8.58. The van der Waals surface area contributed by atoms with Gasteiger partial charge in [-0.1, -0.05) is 18.2 Å². The standard InChI is InChI=1S/C16H12F3N3O2S/c17-12-5-6-15(14(19)9-12)25(23,24)21-16-7-8-22(20-16)10-11-3-1-2-4-13(11)18/h1-9H,10H2,(H,20,21). The van der Waals surface area contributed by atoms with Crippen LogP contribution in [0.5, 0.6) is 0 Å². The molecule has 0 atom stereocenters. The maximum atomic E-state index is 13.7. The molecule has 0 aliphatic carbocycles. The number of benzene rings is 2. The van der Waals surface area contributed by atoms with Crippen LogP contribution in [0.4, 0.5) is 19.0 Å². The number of sulfonamides is 1. The van der Waals surface area contributed by atoms with Crippen LogP contribution in [-0.4, -0.2) is 18.2 Å². The number of anilines is 1. The van der Waals surface area contributed by atoms with E-state index in [1.165, 1.54) is 23.0 Å². The van der Waals surface area contributed by atoms with Gasteiger partial charge in [-0.3, -0.25) is 9.40 Å². The predicted octanol–water partition coefficient (Wildman–Crippen LogP) is 3.15. The highest BCUT2D eigenvalue weighted by Crippen LogP contribution is 2.19. The first-order valence-electron chi connectivity index (χ1n) is 7.10. The second-order valence-corrected chi connectivity index (χ2v) is 6.82. The highest BCUT2D eigenvalue weighted by molar-refractivity contribution is 7.92. The number of halogens is 3. The van der Waals surface area contributed by atoms with Crippen LogP contribution in [0.3, 0.4) is 0 Å². The van der Waals surface area contributed by atoms with Gasteiger partial charge in [0.1, 0.15) is 22.3 Å². The molecule has 3 rings (SSSR count).